The molecule has 5 heteroatoms. The Bertz CT molecular complexity index is 395. The smallest absolute Gasteiger partial charge is 0.222 e. The Balaban J connectivity index is 1.56. The van der Waals surface area contributed by atoms with Crippen molar-refractivity contribution in [1.82, 2.24) is 10.2 Å². The molecule has 1 saturated heterocycles. The van der Waals surface area contributed by atoms with Gasteiger partial charge in [0, 0.05) is 25.2 Å². The third-order valence-electron chi connectivity index (χ3n) is 6.10. The van der Waals surface area contributed by atoms with E-state index < -0.39 is 5.60 Å². The summed E-state index contributed by atoms with van der Waals surface area (Å²) in [5.41, 5.74) is -0.640. The lowest BCUT2D eigenvalue weighted by Gasteiger charge is -2.48. The first kappa shape index (κ1) is 17.2. The van der Waals surface area contributed by atoms with Crippen LogP contribution >= 0.6 is 0 Å². The van der Waals surface area contributed by atoms with E-state index in [4.69, 9.17) is 4.74 Å². The average Bonchev–Trinajstić information content (AvgIpc) is 3.01. The summed E-state index contributed by atoms with van der Waals surface area (Å²) in [6.45, 7) is 4.27. The molecular formula is C18H32N2O3. The van der Waals surface area contributed by atoms with Crippen molar-refractivity contribution in [2.24, 2.45) is 0 Å². The Hall–Kier alpha value is -0.650. The normalized spacial score (nSPS) is 27.7. The van der Waals surface area contributed by atoms with Crippen LogP contribution in [0, 0.1) is 0 Å². The molecule has 0 aromatic carbocycles. The van der Waals surface area contributed by atoms with Gasteiger partial charge in [-0.25, -0.2) is 0 Å². The zero-order valence-electron chi connectivity index (χ0n) is 14.3. The van der Waals surface area contributed by atoms with Gasteiger partial charge in [0.1, 0.15) is 0 Å². The third kappa shape index (κ3) is 4.25. The van der Waals surface area contributed by atoms with Crippen molar-refractivity contribution in [3.05, 3.63) is 0 Å². The number of carbonyl (C=O) groups excluding carboxylic acids is 1. The second-order valence-electron chi connectivity index (χ2n) is 7.77. The molecule has 2 N–H and O–H groups in total. The first-order valence-electron chi connectivity index (χ1n) is 9.44. The summed E-state index contributed by atoms with van der Waals surface area (Å²) in [5.74, 6) is 0.0209. The maximum atomic E-state index is 12.4. The van der Waals surface area contributed by atoms with Gasteiger partial charge in [0.2, 0.25) is 5.91 Å². The zero-order chi connectivity index (χ0) is 16.2. The summed E-state index contributed by atoms with van der Waals surface area (Å²) >= 11 is 0. The summed E-state index contributed by atoms with van der Waals surface area (Å²) in [6.07, 6.45) is 10.0. The number of hydrogen-bond acceptors (Lipinski definition) is 4. The van der Waals surface area contributed by atoms with E-state index in [1.54, 1.807) is 0 Å². The highest BCUT2D eigenvalue weighted by Gasteiger charge is 2.39. The van der Waals surface area contributed by atoms with E-state index in [9.17, 15) is 9.90 Å². The Kier molecular flexibility index (Phi) is 5.60. The first-order chi connectivity index (χ1) is 11.1. The van der Waals surface area contributed by atoms with Crippen LogP contribution in [0.1, 0.15) is 64.2 Å². The van der Waals surface area contributed by atoms with Gasteiger partial charge in [-0.05, 0) is 25.7 Å². The van der Waals surface area contributed by atoms with Crippen LogP contribution in [0.15, 0.2) is 0 Å². The van der Waals surface area contributed by atoms with Crippen LogP contribution in [-0.2, 0) is 9.53 Å². The molecule has 5 nitrogen and oxygen atoms in total. The number of carbonyl (C=O) groups is 1. The van der Waals surface area contributed by atoms with Gasteiger partial charge < -0.3 is 15.2 Å². The van der Waals surface area contributed by atoms with Gasteiger partial charge in [0.05, 0.1) is 25.2 Å². The van der Waals surface area contributed by atoms with Crippen molar-refractivity contribution in [3.8, 4) is 0 Å². The molecule has 0 aromatic heterocycles. The van der Waals surface area contributed by atoms with Crippen molar-refractivity contribution in [1.29, 1.82) is 0 Å². The molecule has 0 atom stereocenters. The molecule has 23 heavy (non-hydrogen) atoms. The van der Waals surface area contributed by atoms with Gasteiger partial charge in [-0.1, -0.05) is 32.1 Å². The maximum absolute atomic E-state index is 12.4. The van der Waals surface area contributed by atoms with Gasteiger partial charge in [-0.2, -0.15) is 0 Å². The molecule has 0 radical (unpaired) electrons. The van der Waals surface area contributed by atoms with Gasteiger partial charge in [-0.3, -0.25) is 9.69 Å². The molecule has 2 saturated carbocycles. The monoisotopic (exact) mass is 324 g/mol. The van der Waals surface area contributed by atoms with Crippen molar-refractivity contribution >= 4 is 5.91 Å². The standard InChI is InChI=1S/C18H32N2O3/c21-16(14-18(22)8-4-5-9-18)19-15-17(6-2-1-3-7-17)20-10-12-23-13-11-20/h22H,1-15H2,(H,19,21). The van der Waals surface area contributed by atoms with Crippen molar-refractivity contribution in [2.75, 3.05) is 32.8 Å². The topological polar surface area (TPSA) is 61.8 Å². The fraction of sp³-hybridized carbons (Fsp3) is 0.944. The van der Waals surface area contributed by atoms with Gasteiger partial charge in [0.15, 0.2) is 0 Å². The maximum Gasteiger partial charge on any atom is 0.222 e. The van der Waals surface area contributed by atoms with E-state index in [2.05, 4.69) is 10.2 Å². The van der Waals surface area contributed by atoms with Crippen LogP contribution in [0.3, 0.4) is 0 Å². The minimum atomic E-state index is -0.747. The summed E-state index contributed by atoms with van der Waals surface area (Å²) in [5, 5.41) is 13.6. The fourth-order valence-electron chi connectivity index (χ4n) is 4.69. The highest BCUT2D eigenvalue weighted by molar-refractivity contribution is 5.77. The molecule has 132 valence electrons. The fourth-order valence-corrected chi connectivity index (χ4v) is 4.69. The van der Waals surface area contributed by atoms with Crippen LogP contribution < -0.4 is 5.32 Å². The SMILES string of the molecule is O=C(CC1(O)CCCC1)NCC1(N2CCOCC2)CCCCC1. The molecule has 0 bridgehead atoms. The van der Waals surface area contributed by atoms with Crippen LogP contribution in [0.2, 0.25) is 0 Å². The van der Waals surface area contributed by atoms with Gasteiger partial charge in [-0.15, -0.1) is 0 Å². The lowest BCUT2D eigenvalue weighted by Crippen LogP contribution is -2.59. The first-order valence-corrected chi connectivity index (χ1v) is 9.44. The van der Waals surface area contributed by atoms with Gasteiger partial charge in [0.25, 0.3) is 0 Å². The predicted octanol–water partition coefficient (Wildman–Crippen LogP) is 1.83. The average molecular weight is 324 g/mol. The zero-order valence-corrected chi connectivity index (χ0v) is 14.3. The molecule has 3 rings (SSSR count). The number of rotatable bonds is 5. The minimum absolute atomic E-state index is 0.0209. The summed E-state index contributed by atoms with van der Waals surface area (Å²) < 4.78 is 5.50. The summed E-state index contributed by atoms with van der Waals surface area (Å²) in [7, 11) is 0. The van der Waals surface area contributed by atoms with Crippen molar-refractivity contribution in [2.45, 2.75) is 75.3 Å². The third-order valence-corrected chi connectivity index (χ3v) is 6.10. The van der Waals surface area contributed by atoms with Gasteiger partial charge >= 0.3 is 0 Å². The second kappa shape index (κ2) is 7.49. The van der Waals surface area contributed by atoms with E-state index in [1.165, 1.54) is 19.3 Å². The number of amides is 1. The second-order valence-corrected chi connectivity index (χ2v) is 7.77. The highest BCUT2D eigenvalue weighted by Crippen LogP contribution is 2.35. The molecular weight excluding hydrogens is 292 g/mol. The van der Waals surface area contributed by atoms with E-state index >= 15 is 0 Å². The molecule has 1 aliphatic heterocycles. The molecule has 0 aromatic rings. The molecule has 1 heterocycles. The van der Waals surface area contributed by atoms with Crippen LogP contribution in [0.5, 0.6) is 0 Å². The predicted molar refractivity (Wildman–Crippen MR) is 89.3 cm³/mol. The number of morpholine rings is 1. The molecule has 0 unspecified atom stereocenters. The number of nitrogens with zero attached hydrogens (tertiary/aromatic N) is 1. The van der Waals surface area contributed by atoms with Crippen LogP contribution in [0.25, 0.3) is 0 Å². The van der Waals surface area contributed by atoms with Crippen molar-refractivity contribution < 1.29 is 14.6 Å². The lowest BCUT2D eigenvalue weighted by molar-refractivity contribution is -0.127. The van der Waals surface area contributed by atoms with E-state index in [1.807, 2.05) is 0 Å². The molecule has 1 amide bonds. The highest BCUT2D eigenvalue weighted by atomic mass is 16.5. The molecule has 3 aliphatic rings. The van der Waals surface area contributed by atoms with Crippen LogP contribution in [0.4, 0.5) is 0 Å². The van der Waals surface area contributed by atoms with E-state index in [0.29, 0.717) is 0 Å². The van der Waals surface area contributed by atoms with Crippen molar-refractivity contribution in [3.63, 3.8) is 0 Å². The largest absolute Gasteiger partial charge is 0.389 e. The Labute approximate surface area is 139 Å². The molecule has 3 fully saturated rings. The lowest BCUT2D eigenvalue weighted by atomic mass is 9.79. The van der Waals surface area contributed by atoms with E-state index in [-0.39, 0.29) is 17.9 Å². The number of ether oxygens (including phenoxy) is 1. The minimum Gasteiger partial charge on any atom is -0.389 e. The number of nitrogens with one attached hydrogen (secondary N) is 1. The Morgan fingerprint density at radius 1 is 1.00 bits per heavy atom. The number of hydrogen-bond donors (Lipinski definition) is 2. The quantitative estimate of drug-likeness (QED) is 0.810. The Morgan fingerprint density at radius 2 is 1.61 bits per heavy atom. The summed E-state index contributed by atoms with van der Waals surface area (Å²) in [4.78, 5) is 14.9. The molecule has 0 spiro atoms. The number of aliphatic hydroxyl groups is 1. The molecule has 2 aliphatic carbocycles. The van der Waals surface area contributed by atoms with E-state index in [0.717, 1.165) is 71.4 Å². The Morgan fingerprint density at radius 3 is 2.26 bits per heavy atom. The summed E-state index contributed by atoms with van der Waals surface area (Å²) in [6, 6.07) is 0. The van der Waals surface area contributed by atoms with Crippen LogP contribution in [-0.4, -0.2) is 59.9 Å².